The highest BCUT2D eigenvalue weighted by Crippen LogP contribution is 2.35. The first-order chi connectivity index (χ1) is 16.5. The van der Waals surface area contributed by atoms with E-state index in [9.17, 15) is 9.18 Å². The van der Waals surface area contributed by atoms with Crippen LogP contribution in [0.4, 0.5) is 4.39 Å². The molecule has 3 aromatic rings. The van der Waals surface area contributed by atoms with E-state index in [0.717, 1.165) is 24.1 Å². The summed E-state index contributed by atoms with van der Waals surface area (Å²) in [6.07, 6.45) is 9.32. The molecule has 2 heterocycles. The number of hydrogen-bond donors (Lipinski definition) is 0. The van der Waals surface area contributed by atoms with Gasteiger partial charge in [0.15, 0.2) is 0 Å². The molecule has 1 aliphatic rings. The highest BCUT2D eigenvalue weighted by atomic mass is 32.2. The number of aryl methyl sites for hydroxylation is 1. The van der Waals surface area contributed by atoms with E-state index >= 15 is 0 Å². The van der Waals surface area contributed by atoms with Crippen molar-refractivity contribution in [2.45, 2.75) is 46.0 Å². The fourth-order valence-electron chi connectivity index (χ4n) is 3.88. The van der Waals surface area contributed by atoms with Gasteiger partial charge in [-0.05, 0) is 43.2 Å². The number of hydrogen-bond acceptors (Lipinski definition) is 4. The average molecular weight is 494 g/mol. The summed E-state index contributed by atoms with van der Waals surface area (Å²) < 4.78 is 16.7. The first-order valence-corrected chi connectivity index (χ1v) is 12.9. The molecule has 2 aromatic carbocycles. The Morgan fingerprint density at radius 1 is 1.09 bits per heavy atom. The number of nitrogens with zero attached hydrogens (tertiary/aromatic N) is 3. The lowest BCUT2D eigenvalue weighted by molar-refractivity contribution is -0.122. The highest BCUT2D eigenvalue weighted by Gasteiger charge is 2.32. The molecule has 1 saturated heterocycles. The Hall–Kier alpha value is -2.77. The monoisotopic (exact) mass is 493 g/mol. The van der Waals surface area contributed by atoms with Crippen molar-refractivity contribution in [1.82, 2.24) is 14.7 Å². The Labute approximate surface area is 209 Å². The van der Waals surface area contributed by atoms with Crippen molar-refractivity contribution in [3.8, 4) is 16.9 Å². The van der Waals surface area contributed by atoms with Crippen LogP contribution in [-0.2, 0) is 4.79 Å². The summed E-state index contributed by atoms with van der Waals surface area (Å²) >= 11 is 6.83. The molecule has 4 rings (SSSR count). The topological polar surface area (TPSA) is 38.1 Å². The molecule has 1 aliphatic heterocycles. The maximum absolute atomic E-state index is 14.4. The third-order valence-corrected chi connectivity index (χ3v) is 7.23. The molecule has 7 heteroatoms. The molecule has 0 bridgehead atoms. The minimum absolute atomic E-state index is 0.0704. The van der Waals surface area contributed by atoms with E-state index in [4.69, 9.17) is 17.3 Å². The van der Waals surface area contributed by atoms with Crippen LogP contribution < -0.4 is 0 Å². The normalized spacial score (nSPS) is 15.0. The number of unbranched alkanes of at least 4 members (excludes halogenated alkanes) is 4. The summed E-state index contributed by atoms with van der Waals surface area (Å²) in [4.78, 5) is 15.4. The van der Waals surface area contributed by atoms with Crippen LogP contribution in [-0.4, -0.2) is 31.5 Å². The Morgan fingerprint density at radius 2 is 1.85 bits per heavy atom. The Balaban J connectivity index is 1.65. The van der Waals surface area contributed by atoms with E-state index in [-0.39, 0.29) is 11.7 Å². The lowest BCUT2D eigenvalue weighted by atomic mass is 10.1. The Morgan fingerprint density at radius 3 is 2.59 bits per heavy atom. The summed E-state index contributed by atoms with van der Waals surface area (Å²) in [7, 11) is 0. The second kappa shape index (κ2) is 11.1. The number of carbonyl (C=O) groups excluding carboxylic acids is 1. The van der Waals surface area contributed by atoms with Gasteiger partial charge in [-0.1, -0.05) is 86.9 Å². The summed E-state index contributed by atoms with van der Waals surface area (Å²) in [6.45, 7) is 4.56. The minimum atomic E-state index is -0.285. The molecule has 0 radical (unpaired) electrons. The van der Waals surface area contributed by atoms with E-state index in [1.807, 2.05) is 48.7 Å². The molecule has 34 heavy (non-hydrogen) atoms. The minimum Gasteiger partial charge on any atom is -0.293 e. The number of halogens is 1. The van der Waals surface area contributed by atoms with Crippen molar-refractivity contribution < 1.29 is 9.18 Å². The van der Waals surface area contributed by atoms with Crippen LogP contribution in [0.3, 0.4) is 0 Å². The lowest BCUT2D eigenvalue weighted by Gasteiger charge is -2.13. The van der Waals surface area contributed by atoms with Gasteiger partial charge in [0.05, 0.1) is 10.6 Å². The standard InChI is InChI=1S/C27H28FN3OS2/c1-3-4-5-6-10-15-30-26(32)24(34-27(30)33)17-21-18-31(22-11-8-7-9-12-22)29-25(21)20-14-13-19(2)23(28)16-20/h7-9,11-14,16-18H,3-6,10,15H2,1-2H3/b24-17-. The Bertz CT molecular complexity index is 1220. The van der Waals surface area contributed by atoms with Crippen molar-refractivity contribution in [3.63, 3.8) is 0 Å². The molecule has 1 fully saturated rings. The zero-order valence-corrected chi connectivity index (χ0v) is 21.1. The maximum Gasteiger partial charge on any atom is 0.266 e. The van der Waals surface area contributed by atoms with Crippen LogP contribution >= 0.6 is 24.0 Å². The second-order valence-corrected chi connectivity index (χ2v) is 10.1. The molecule has 0 unspecified atom stereocenters. The highest BCUT2D eigenvalue weighted by molar-refractivity contribution is 8.26. The van der Waals surface area contributed by atoms with Crippen LogP contribution in [0.25, 0.3) is 23.0 Å². The van der Waals surface area contributed by atoms with Gasteiger partial charge in [0, 0.05) is 23.9 Å². The van der Waals surface area contributed by atoms with Gasteiger partial charge in [0.2, 0.25) is 0 Å². The van der Waals surface area contributed by atoms with E-state index < -0.39 is 0 Å². The number of aromatic nitrogens is 2. The lowest BCUT2D eigenvalue weighted by Crippen LogP contribution is -2.29. The molecule has 0 saturated carbocycles. The first-order valence-electron chi connectivity index (χ1n) is 11.6. The molecule has 0 spiro atoms. The van der Waals surface area contributed by atoms with Crippen molar-refractivity contribution in [3.05, 3.63) is 76.6 Å². The number of carbonyl (C=O) groups is 1. The molecule has 1 aromatic heterocycles. The average Bonchev–Trinajstić information content (AvgIpc) is 3.37. The first kappa shape index (κ1) is 24.4. The van der Waals surface area contributed by atoms with Gasteiger partial charge < -0.3 is 0 Å². The molecule has 4 nitrogen and oxygen atoms in total. The number of para-hydroxylation sites is 1. The summed E-state index contributed by atoms with van der Waals surface area (Å²) in [5.41, 5.74) is 3.49. The zero-order chi connectivity index (χ0) is 24.1. The van der Waals surface area contributed by atoms with Crippen molar-refractivity contribution in [1.29, 1.82) is 0 Å². The molecule has 176 valence electrons. The molecular formula is C27H28FN3OS2. The number of thioether (sulfide) groups is 1. The van der Waals surface area contributed by atoms with Gasteiger partial charge in [-0.3, -0.25) is 9.69 Å². The van der Waals surface area contributed by atoms with Gasteiger partial charge in [-0.2, -0.15) is 5.10 Å². The molecule has 1 amide bonds. The van der Waals surface area contributed by atoms with Gasteiger partial charge in [-0.25, -0.2) is 9.07 Å². The van der Waals surface area contributed by atoms with Gasteiger partial charge in [0.1, 0.15) is 15.8 Å². The van der Waals surface area contributed by atoms with Gasteiger partial charge >= 0.3 is 0 Å². The molecule has 0 atom stereocenters. The number of benzene rings is 2. The maximum atomic E-state index is 14.4. The largest absolute Gasteiger partial charge is 0.293 e. The molecular weight excluding hydrogens is 465 g/mol. The fraction of sp³-hybridized carbons (Fsp3) is 0.296. The van der Waals surface area contributed by atoms with Crippen LogP contribution in [0.1, 0.15) is 50.2 Å². The molecule has 0 aliphatic carbocycles. The third kappa shape index (κ3) is 5.47. The van der Waals surface area contributed by atoms with E-state index in [2.05, 4.69) is 6.92 Å². The number of thiocarbonyl (C=S) groups is 1. The summed E-state index contributed by atoms with van der Waals surface area (Å²) in [5, 5.41) is 4.74. The van der Waals surface area contributed by atoms with Crippen LogP contribution in [0.5, 0.6) is 0 Å². The second-order valence-electron chi connectivity index (χ2n) is 8.42. The zero-order valence-electron chi connectivity index (χ0n) is 19.5. The van der Waals surface area contributed by atoms with Gasteiger partial charge in [-0.15, -0.1) is 0 Å². The van der Waals surface area contributed by atoms with Crippen LogP contribution in [0, 0.1) is 12.7 Å². The van der Waals surface area contributed by atoms with Crippen molar-refractivity contribution in [2.75, 3.05) is 6.54 Å². The third-order valence-electron chi connectivity index (χ3n) is 5.85. The smallest absolute Gasteiger partial charge is 0.266 e. The van der Waals surface area contributed by atoms with Gasteiger partial charge in [0.25, 0.3) is 5.91 Å². The SMILES string of the molecule is CCCCCCCN1C(=O)/C(=C/c2cn(-c3ccccc3)nc2-c2ccc(C)c(F)c2)SC1=S. The van der Waals surface area contributed by atoms with Crippen LogP contribution in [0.15, 0.2) is 59.6 Å². The van der Waals surface area contributed by atoms with Crippen LogP contribution in [0.2, 0.25) is 0 Å². The quantitative estimate of drug-likeness (QED) is 0.180. The van der Waals surface area contributed by atoms with Crippen molar-refractivity contribution >= 4 is 40.3 Å². The van der Waals surface area contributed by atoms with E-state index in [0.29, 0.717) is 32.6 Å². The fourth-order valence-corrected chi connectivity index (χ4v) is 5.18. The number of amides is 1. The van der Waals surface area contributed by atoms with E-state index in [1.54, 1.807) is 22.6 Å². The van der Waals surface area contributed by atoms with E-state index in [1.165, 1.54) is 37.1 Å². The summed E-state index contributed by atoms with van der Waals surface area (Å²) in [6, 6.07) is 14.8. The Kier molecular flexibility index (Phi) is 7.95. The summed E-state index contributed by atoms with van der Waals surface area (Å²) in [5.74, 6) is -0.355. The predicted molar refractivity (Wildman–Crippen MR) is 142 cm³/mol. The molecule has 0 N–H and O–H groups in total. The van der Waals surface area contributed by atoms with Crippen molar-refractivity contribution in [2.24, 2.45) is 0 Å². The predicted octanol–water partition coefficient (Wildman–Crippen LogP) is 7.16. The number of rotatable bonds is 9.